The minimum Gasteiger partial charge on any atom is -0.322 e. The number of nitrogens with one attached hydrogen (secondary N) is 2. The van der Waals surface area contributed by atoms with Crippen molar-refractivity contribution in [3.8, 4) is 0 Å². The molecule has 7 heteroatoms. The van der Waals surface area contributed by atoms with Gasteiger partial charge < -0.3 is 10.6 Å². The first-order chi connectivity index (χ1) is 13.9. The van der Waals surface area contributed by atoms with Crippen LogP contribution in [0, 0.1) is 13.8 Å². The molecule has 146 valence electrons. The lowest BCUT2D eigenvalue weighted by atomic mass is 10.1. The number of benzene rings is 2. The lowest BCUT2D eigenvalue weighted by Gasteiger charge is -2.11. The summed E-state index contributed by atoms with van der Waals surface area (Å²) in [5.41, 5.74) is 4.41. The van der Waals surface area contributed by atoms with E-state index in [2.05, 4.69) is 36.5 Å². The van der Waals surface area contributed by atoms with E-state index in [1.807, 2.05) is 26.0 Å². The predicted octanol–water partition coefficient (Wildman–Crippen LogP) is 4.76. The molecule has 1 aromatic heterocycles. The van der Waals surface area contributed by atoms with Crippen molar-refractivity contribution in [1.29, 1.82) is 0 Å². The van der Waals surface area contributed by atoms with Crippen molar-refractivity contribution < 1.29 is 9.59 Å². The van der Waals surface area contributed by atoms with Gasteiger partial charge in [0.15, 0.2) is 0 Å². The van der Waals surface area contributed by atoms with Crippen molar-refractivity contribution in [3.63, 3.8) is 0 Å². The van der Waals surface area contributed by atoms with Gasteiger partial charge in [0.25, 0.3) is 5.91 Å². The van der Waals surface area contributed by atoms with E-state index < -0.39 is 0 Å². The smallest absolute Gasteiger partial charge is 0.255 e. The van der Waals surface area contributed by atoms with Crippen molar-refractivity contribution in [2.75, 3.05) is 10.6 Å². The van der Waals surface area contributed by atoms with E-state index in [0.717, 1.165) is 21.2 Å². The van der Waals surface area contributed by atoms with E-state index in [4.69, 9.17) is 0 Å². The zero-order valence-electron chi connectivity index (χ0n) is 15.9. The summed E-state index contributed by atoms with van der Waals surface area (Å²) in [5, 5.41) is 5.68. The molecule has 0 aliphatic carbocycles. The van der Waals surface area contributed by atoms with Crippen molar-refractivity contribution in [1.82, 2.24) is 9.97 Å². The second-order valence-electron chi connectivity index (χ2n) is 6.44. The molecule has 2 amide bonds. The minimum absolute atomic E-state index is 0.226. The van der Waals surface area contributed by atoms with Crippen LogP contribution in [0.4, 0.5) is 11.4 Å². The number of aromatic nitrogens is 2. The molecule has 0 bridgehead atoms. The third kappa shape index (κ3) is 5.58. The van der Waals surface area contributed by atoms with Gasteiger partial charge in [0.2, 0.25) is 5.91 Å². The zero-order valence-corrected chi connectivity index (χ0v) is 17.5. The predicted molar refractivity (Wildman–Crippen MR) is 118 cm³/mol. The monoisotopic (exact) mass is 450 g/mol. The lowest BCUT2D eigenvalue weighted by Crippen LogP contribution is -2.13. The molecule has 0 saturated carbocycles. The molecule has 3 rings (SSSR count). The maximum Gasteiger partial charge on any atom is 0.255 e. The maximum absolute atomic E-state index is 12.5. The number of amides is 2. The molecule has 3 aromatic rings. The van der Waals surface area contributed by atoms with E-state index in [1.165, 1.54) is 12.4 Å². The Kier molecular flexibility index (Phi) is 6.51. The van der Waals surface area contributed by atoms with E-state index in [9.17, 15) is 9.59 Å². The van der Waals surface area contributed by atoms with Crippen LogP contribution < -0.4 is 10.6 Å². The molecule has 1 heterocycles. The zero-order chi connectivity index (χ0) is 20.8. The van der Waals surface area contributed by atoms with Gasteiger partial charge in [0, 0.05) is 45.4 Å². The van der Waals surface area contributed by atoms with Crippen LogP contribution in [0.5, 0.6) is 0 Å². The number of nitrogens with zero attached hydrogens (tertiary/aromatic N) is 2. The quantitative estimate of drug-likeness (QED) is 0.548. The van der Waals surface area contributed by atoms with E-state index >= 15 is 0 Å². The second-order valence-corrected chi connectivity index (χ2v) is 7.30. The summed E-state index contributed by atoms with van der Waals surface area (Å²) in [5.74, 6) is -0.515. The number of halogens is 1. The van der Waals surface area contributed by atoms with Crippen LogP contribution in [0.1, 0.15) is 27.0 Å². The topological polar surface area (TPSA) is 84.0 Å². The average molecular weight is 451 g/mol. The van der Waals surface area contributed by atoms with Gasteiger partial charge >= 0.3 is 0 Å². The molecule has 2 aromatic carbocycles. The number of anilines is 2. The van der Waals surface area contributed by atoms with Gasteiger partial charge in [-0.25, -0.2) is 9.97 Å². The average Bonchev–Trinajstić information content (AvgIpc) is 2.71. The van der Waals surface area contributed by atoms with Crippen LogP contribution in [0.25, 0.3) is 6.08 Å². The SMILES string of the molecule is Cc1ccc(C(=O)Nc2ccc(C)c(NC(=O)C=Cc3cncnc3)c2)cc1Br. The largest absolute Gasteiger partial charge is 0.322 e. The van der Waals surface area contributed by atoms with Crippen LogP contribution in [0.2, 0.25) is 0 Å². The molecule has 0 aliphatic heterocycles. The minimum atomic E-state index is -0.289. The van der Waals surface area contributed by atoms with Gasteiger partial charge in [-0.2, -0.15) is 0 Å². The van der Waals surface area contributed by atoms with Crippen LogP contribution in [0.3, 0.4) is 0 Å². The van der Waals surface area contributed by atoms with Crippen molar-refractivity contribution in [2.45, 2.75) is 13.8 Å². The van der Waals surface area contributed by atoms with Crippen molar-refractivity contribution in [3.05, 3.63) is 87.9 Å². The second kappa shape index (κ2) is 9.25. The van der Waals surface area contributed by atoms with Crippen LogP contribution in [0.15, 0.2) is 65.7 Å². The molecule has 0 aliphatic rings. The lowest BCUT2D eigenvalue weighted by molar-refractivity contribution is -0.111. The standard InChI is InChI=1S/C22H19BrN4O2/c1-14-3-6-17(9-19(14)23)22(29)26-18-7-4-15(2)20(10-18)27-21(28)8-5-16-11-24-13-25-12-16/h3-13H,1-2H3,(H,26,29)(H,27,28). The Balaban J connectivity index is 1.70. The molecule has 2 N–H and O–H groups in total. The number of hydrogen-bond acceptors (Lipinski definition) is 4. The van der Waals surface area contributed by atoms with E-state index in [0.29, 0.717) is 16.9 Å². The Morgan fingerprint density at radius 3 is 2.41 bits per heavy atom. The van der Waals surface area contributed by atoms with E-state index in [1.54, 1.807) is 42.7 Å². The first kappa shape index (κ1) is 20.4. The highest BCUT2D eigenvalue weighted by Gasteiger charge is 2.10. The van der Waals surface area contributed by atoms with Crippen LogP contribution >= 0.6 is 15.9 Å². The van der Waals surface area contributed by atoms with Gasteiger partial charge in [-0.05, 0) is 55.3 Å². The Labute approximate surface area is 177 Å². The molecular weight excluding hydrogens is 432 g/mol. The Hall–Kier alpha value is -3.32. The Morgan fingerprint density at radius 1 is 0.966 bits per heavy atom. The molecule has 0 saturated heterocycles. The summed E-state index contributed by atoms with van der Waals surface area (Å²) in [6.45, 7) is 3.84. The molecular formula is C22H19BrN4O2. The normalized spacial score (nSPS) is 10.7. The fourth-order valence-electron chi connectivity index (χ4n) is 2.51. The Morgan fingerprint density at radius 2 is 1.69 bits per heavy atom. The molecule has 6 nitrogen and oxygen atoms in total. The van der Waals surface area contributed by atoms with Crippen LogP contribution in [-0.2, 0) is 4.79 Å². The highest BCUT2D eigenvalue weighted by Crippen LogP contribution is 2.22. The third-order valence-corrected chi connectivity index (χ3v) is 5.05. The Bertz CT molecular complexity index is 1080. The molecule has 0 atom stereocenters. The van der Waals surface area contributed by atoms with Gasteiger partial charge in [-0.15, -0.1) is 0 Å². The summed E-state index contributed by atoms with van der Waals surface area (Å²) in [6.07, 6.45) is 7.69. The van der Waals surface area contributed by atoms with Crippen LogP contribution in [-0.4, -0.2) is 21.8 Å². The third-order valence-electron chi connectivity index (χ3n) is 4.20. The van der Waals surface area contributed by atoms with Gasteiger partial charge in [0.1, 0.15) is 6.33 Å². The summed E-state index contributed by atoms with van der Waals surface area (Å²) in [4.78, 5) is 32.5. The highest BCUT2D eigenvalue weighted by atomic mass is 79.9. The van der Waals surface area contributed by atoms with E-state index in [-0.39, 0.29) is 11.8 Å². The summed E-state index contributed by atoms with van der Waals surface area (Å²) >= 11 is 3.44. The number of carbonyl (C=O) groups is 2. The highest BCUT2D eigenvalue weighted by molar-refractivity contribution is 9.10. The number of aryl methyl sites for hydroxylation is 2. The molecule has 0 fully saturated rings. The number of rotatable bonds is 5. The summed E-state index contributed by atoms with van der Waals surface area (Å²) in [6, 6.07) is 10.8. The summed E-state index contributed by atoms with van der Waals surface area (Å²) in [7, 11) is 0. The van der Waals surface area contributed by atoms with Crippen molar-refractivity contribution in [2.24, 2.45) is 0 Å². The first-order valence-corrected chi connectivity index (χ1v) is 9.64. The summed E-state index contributed by atoms with van der Waals surface area (Å²) < 4.78 is 0.873. The van der Waals surface area contributed by atoms with Gasteiger partial charge in [0.05, 0.1) is 0 Å². The molecule has 0 unspecified atom stereocenters. The number of carbonyl (C=O) groups excluding carboxylic acids is 2. The maximum atomic E-state index is 12.5. The fourth-order valence-corrected chi connectivity index (χ4v) is 2.89. The molecule has 29 heavy (non-hydrogen) atoms. The van der Waals surface area contributed by atoms with Crippen molar-refractivity contribution >= 4 is 45.2 Å². The molecule has 0 spiro atoms. The molecule has 0 radical (unpaired) electrons. The fraction of sp³-hybridized carbons (Fsp3) is 0.0909. The van der Waals surface area contributed by atoms with Gasteiger partial charge in [-0.1, -0.05) is 28.1 Å². The number of hydrogen-bond donors (Lipinski definition) is 2. The first-order valence-electron chi connectivity index (χ1n) is 8.84. The van der Waals surface area contributed by atoms with Gasteiger partial charge in [-0.3, -0.25) is 9.59 Å².